The van der Waals surface area contributed by atoms with Gasteiger partial charge in [-0.05, 0) is 64.4 Å². The third-order valence-corrected chi connectivity index (χ3v) is 4.16. The first-order valence-electron chi connectivity index (χ1n) is 11.0. The van der Waals surface area contributed by atoms with Gasteiger partial charge >= 0.3 is 5.97 Å². The summed E-state index contributed by atoms with van der Waals surface area (Å²) in [6.45, 7) is 11.4. The third kappa shape index (κ3) is 8.27. The van der Waals surface area contributed by atoms with E-state index in [1.807, 2.05) is 27.7 Å². The molecule has 0 fully saturated rings. The Morgan fingerprint density at radius 1 is 0.697 bits per heavy atom. The van der Waals surface area contributed by atoms with Crippen LogP contribution < -0.4 is 30.4 Å². The van der Waals surface area contributed by atoms with Crippen molar-refractivity contribution in [2.75, 3.05) is 44.5 Å². The van der Waals surface area contributed by atoms with E-state index in [-0.39, 0.29) is 6.61 Å². The number of ether oxygens (including phenoxy) is 5. The number of carbonyl (C=O) groups is 1. The van der Waals surface area contributed by atoms with Gasteiger partial charge in [-0.3, -0.25) is 0 Å². The molecule has 2 aromatic rings. The SMILES string of the molecule is CCOC(=O)c1cc(OCC)c(N)c(OCC)c1.CCOc1cc(CO)cc(OCC)c1N. The fourth-order valence-corrected chi connectivity index (χ4v) is 2.78. The summed E-state index contributed by atoms with van der Waals surface area (Å²) in [6, 6.07) is 6.58. The zero-order valence-corrected chi connectivity index (χ0v) is 20.1. The number of aliphatic hydroxyl groups is 1. The van der Waals surface area contributed by atoms with E-state index in [9.17, 15) is 4.79 Å². The average molecular weight is 465 g/mol. The second-order valence-electron chi connectivity index (χ2n) is 6.50. The van der Waals surface area contributed by atoms with E-state index in [1.165, 1.54) is 0 Å². The van der Waals surface area contributed by atoms with Gasteiger partial charge in [0.15, 0.2) is 0 Å². The van der Waals surface area contributed by atoms with Crippen LogP contribution in [0.5, 0.6) is 23.0 Å². The number of esters is 1. The molecule has 2 rings (SSSR count). The predicted molar refractivity (Wildman–Crippen MR) is 128 cm³/mol. The van der Waals surface area contributed by atoms with Gasteiger partial charge in [-0.1, -0.05) is 0 Å². The first-order valence-corrected chi connectivity index (χ1v) is 11.0. The van der Waals surface area contributed by atoms with Crippen molar-refractivity contribution in [3.8, 4) is 23.0 Å². The van der Waals surface area contributed by atoms with Gasteiger partial charge in [0.05, 0.1) is 45.2 Å². The number of benzene rings is 2. The van der Waals surface area contributed by atoms with Crippen molar-refractivity contribution in [1.29, 1.82) is 0 Å². The van der Waals surface area contributed by atoms with Gasteiger partial charge in [-0.25, -0.2) is 4.79 Å². The van der Waals surface area contributed by atoms with Crippen LogP contribution in [-0.4, -0.2) is 44.1 Å². The minimum atomic E-state index is -0.417. The van der Waals surface area contributed by atoms with Gasteiger partial charge in [0, 0.05) is 0 Å². The highest BCUT2D eigenvalue weighted by Crippen LogP contribution is 2.34. The highest BCUT2D eigenvalue weighted by atomic mass is 16.5. The van der Waals surface area contributed by atoms with E-state index >= 15 is 0 Å². The molecule has 33 heavy (non-hydrogen) atoms. The average Bonchev–Trinajstić information content (AvgIpc) is 2.80. The van der Waals surface area contributed by atoms with Gasteiger partial charge < -0.3 is 40.3 Å². The number of aliphatic hydroxyl groups excluding tert-OH is 1. The Hall–Kier alpha value is -3.33. The van der Waals surface area contributed by atoms with Crippen LogP contribution in [0.1, 0.15) is 50.5 Å². The van der Waals surface area contributed by atoms with Gasteiger partial charge in [0.2, 0.25) is 0 Å². The molecule has 9 nitrogen and oxygen atoms in total. The monoisotopic (exact) mass is 464 g/mol. The summed E-state index contributed by atoms with van der Waals surface area (Å²) in [5.41, 5.74) is 13.7. The van der Waals surface area contributed by atoms with Crippen LogP contribution in [0.25, 0.3) is 0 Å². The fraction of sp³-hybridized carbons (Fsp3) is 0.458. The Labute approximate surface area is 195 Å². The third-order valence-electron chi connectivity index (χ3n) is 4.16. The zero-order chi connectivity index (χ0) is 24.8. The minimum Gasteiger partial charge on any atom is -0.492 e. The van der Waals surface area contributed by atoms with Crippen LogP contribution in [-0.2, 0) is 11.3 Å². The quantitative estimate of drug-likeness (QED) is 0.335. The van der Waals surface area contributed by atoms with Crippen molar-refractivity contribution in [3.63, 3.8) is 0 Å². The topological polar surface area (TPSA) is 135 Å². The molecule has 2 aromatic carbocycles. The highest BCUT2D eigenvalue weighted by molar-refractivity contribution is 5.92. The summed E-state index contributed by atoms with van der Waals surface area (Å²) in [7, 11) is 0. The molecule has 0 spiro atoms. The predicted octanol–water partition coefficient (Wildman–Crippen LogP) is 3.80. The smallest absolute Gasteiger partial charge is 0.338 e. The Morgan fingerprint density at radius 3 is 1.36 bits per heavy atom. The second kappa shape index (κ2) is 14.7. The molecule has 0 unspecified atom stereocenters. The Kier molecular flexibility index (Phi) is 12.3. The van der Waals surface area contributed by atoms with Crippen LogP contribution >= 0.6 is 0 Å². The lowest BCUT2D eigenvalue weighted by Crippen LogP contribution is -2.08. The molecule has 0 bridgehead atoms. The molecule has 0 aliphatic heterocycles. The Morgan fingerprint density at radius 2 is 1.06 bits per heavy atom. The van der Waals surface area contributed by atoms with E-state index in [2.05, 4.69) is 0 Å². The lowest BCUT2D eigenvalue weighted by atomic mass is 10.1. The van der Waals surface area contributed by atoms with Crippen molar-refractivity contribution in [2.24, 2.45) is 0 Å². The highest BCUT2D eigenvalue weighted by Gasteiger charge is 2.15. The maximum absolute atomic E-state index is 11.7. The molecular weight excluding hydrogens is 428 g/mol. The summed E-state index contributed by atoms with van der Waals surface area (Å²) in [4.78, 5) is 11.7. The number of carbonyl (C=O) groups excluding carboxylic acids is 1. The maximum atomic E-state index is 11.7. The van der Waals surface area contributed by atoms with Gasteiger partial charge in [-0.15, -0.1) is 0 Å². The van der Waals surface area contributed by atoms with Crippen molar-refractivity contribution >= 4 is 17.3 Å². The molecular formula is C24H36N2O7. The second-order valence-corrected chi connectivity index (χ2v) is 6.50. The molecule has 5 N–H and O–H groups in total. The van der Waals surface area contributed by atoms with Crippen molar-refractivity contribution in [1.82, 2.24) is 0 Å². The Balaban J connectivity index is 0.000000335. The summed E-state index contributed by atoms with van der Waals surface area (Å²) in [6.07, 6.45) is 0. The summed E-state index contributed by atoms with van der Waals surface area (Å²) < 4.78 is 26.4. The van der Waals surface area contributed by atoms with Crippen molar-refractivity contribution < 1.29 is 33.6 Å². The molecule has 0 aliphatic rings. The lowest BCUT2D eigenvalue weighted by Gasteiger charge is -2.13. The van der Waals surface area contributed by atoms with Crippen molar-refractivity contribution in [2.45, 2.75) is 41.2 Å². The van der Waals surface area contributed by atoms with Crippen LogP contribution in [0.3, 0.4) is 0 Å². The van der Waals surface area contributed by atoms with Gasteiger partial charge in [0.1, 0.15) is 34.4 Å². The van der Waals surface area contributed by atoms with E-state index in [0.29, 0.717) is 73.0 Å². The van der Waals surface area contributed by atoms with Crippen LogP contribution in [0, 0.1) is 0 Å². The number of hydrogen-bond donors (Lipinski definition) is 3. The molecule has 0 radical (unpaired) electrons. The summed E-state index contributed by atoms with van der Waals surface area (Å²) in [5, 5.41) is 9.06. The summed E-state index contributed by atoms with van der Waals surface area (Å²) in [5.74, 6) is 1.58. The molecule has 0 atom stereocenters. The molecule has 0 saturated carbocycles. The van der Waals surface area contributed by atoms with Crippen LogP contribution in [0.4, 0.5) is 11.4 Å². The first-order chi connectivity index (χ1) is 15.9. The van der Waals surface area contributed by atoms with Crippen LogP contribution in [0.15, 0.2) is 24.3 Å². The number of nitrogens with two attached hydrogens (primary N) is 2. The number of nitrogen functional groups attached to an aromatic ring is 2. The summed E-state index contributed by atoms with van der Waals surface area (Å²) >= 11 is 0. The molecule has 0 aliphatic carbocycles. The Bertz CT molecular complexity index is 833. The molecule has 0 heterocycles. The number of anilines is 2. The number of hydrogen-bond acceptors (Lipinski definition) is 9. The molecule has 0 saturated heterocycles. The maximum Gasteiger partial charge on any atom is 0.338 e. The van der Waals surface area contributed by atoms with Gasteiger partial charge in [0.25, 0.3) is 0 Å². The molecule has 0 aromatic heterocycles. The van der Waals surface area contributed by atoms with E-state index < -0.39 is 5.97 Å². The van der Waals surface area contributed by atoms with E-state index in [0.717, 1.165) is 5.56 Å². The molecule has 184 valence electrons. The number of rotatable bonds is 11. The van der Waals surface area contributed by atoms with Crippen molar-refractivity contribution in [3.05, 3.63) is 35.4 Å². The van der Waals surface area contributed by atoms with E-state index in [4.69, 9.17) is 40.3 Å². The molecule has 9 heteroatoms. The molecule has 0 amide bonds. The first kappa shape index (κ1) is 27.7. The van der Waals surface area contributed by atoms with Gasteiger partial charge in [-0.2, -0.15) is 0 Å². The fourth-order valence-electron chi connectivity index (χ4n) is 2.78. The zero-order valence-electron chi connectivity index (χ0n) is 20.1. The van der Waals surface area contributed by atoms with E-state index in [1.54, 1.807) is 31.2 Å². The minimum absolute atomic E-state index is 0.0551. The largest absolute Gasteiger partial charge is 0.492 e. The lowest BCUT2D eigenvalue weighted by molar-refractivity contribution is 0.0525. The standard InChI is InChI=1S/C13H19NO4.C11H17NO3/c1-4-16-10-7-9(13(15)18-6-3)8-11(12(10)14)17-5-2;1-3-14-9-5-8(7-13)6-10(11(9)12)15-4-2/h7-8H,4-6,14H2,1-3H3;5-6,13H,3-4,7,12H2,1-2H3. The normalized spacial score (nSPS) is 10.0. The van der Waals surface area contributed by atoms with Crippen LogP contribution in [0.2, 0.25) is 0 Å².